The molecule has 5 rings (SSSR count). The van der Waals surface area contributed by atoms with Crippen molar-refractivity contribution in [3.63, 3.8) is 0 Å². The van der Waals surface area contributed by atoms with Gasteiger partial charge in [0.05, 0.1) is 30.7 Å². The number of benzene rings is 2. The Labute approximate surface area is 197 Å². The average Bonchev–Trinajstić information content (AvgIpc) is 3.46. The fourth-order valence-electron chi connectivity index (χ4n) is 4.12. The maximum atomic E-state index is 13.8. The number of nitrogens with one attached hydrogen (secondary N) is 2. The summed E-state index contributed by atoms with van der Waals surface area (Å²) in [6.07, 6.45) is -0.649. The number of carbonyl (C=O) groups is 1. The number of fused-ring (bicyclic) bond motifs is 1. The molecule has 0 fully saturated rings. The molecule has 3 heterocycles. The van der Waals surface area contributed by atoms with Crippen LogP contribution in [0.25, 0.3) is 0 Å². The molecule has 0 saturated heterocycles. The Hall–Kier alpha value is -4.15. The summed E-state index contributed by atoms with van der Waals surface area (Å²) in [5, 5.41) is 13.8. The molecular formula is C24H20F4N6O. The van der Waals surface area contributed by atoms with Crippen molar-refractivity contribution in [1.29, 1.82) is 0 Å². The Bertz CT molecular complexity index is 1330. The average molecular weight is 484 g/mol. The van der Waals surface area contributed by atoms with Gasteiger partial charge in [-0.25, -0.2) is 9.07 Å². The van der Waals surface area contributed by atoms with Gasteiger partial charge >= 0.3 is 6.18 Å². The van der Waals surface area contributed by atoms with E-state index in [0.717, 1.165) is 16.4 Å². The number of nitrogens with zero attached hydrogens (tertiary/aromatic N) is 4. The molecule has 1 amide bonds. The van der Waals surface area contributed by atoms with Crippen LogP contribution in [0, 0.1) is 5.82 Å². The lowest BCUT2D eigenvalue weighted by atomic mass is 9.96. The van der Waals surface area contributed by atoms with Crippen LogP contribution >= 0.6 is 0 Å². The first-order chi connectivity index (χ1) is 16.8. The third-order valence-corrected chi connectivity index (χ3v) is 5.83. The normalized spacial score (nSPS) is 17.5. The van der Waals surface area contributed by atoms with Crippen LogP contribution in [-0.2, 0) is 6.54 Å². The number of rotatable bonds is 5. The zero-order valence-corrected chi connectivity index (χ0v) is 18.2. The summed E-state index contributed by atoms with van der Waals surface area (Å²) in [4.78, 5) is 13.0. The summed E-state index contributed by atoms with van der Waals surface area (Å²) in [5.74, 6) is -0.957. The van der Waals surface area contributed by atoms with Gasteiger partial charge in [-0.15, -0.1) is 0 Å². The van der Waals surface area contributed by atoms with Gasteiger partial charge in [-0.3, -0.25) is 9.48 Å². The maximum Gasteiger partial charge on any atom is 0.410 e. The van der Waals surface area contributed by atoms with E-state index in [-0.39, 0.29) is 23.6 Å². The molecule has 0 bridgehead atoms. The zero-order valence-electron chi connectivity index (χ0n) is 18.2. The third-order valence-electron chi connectivity index (χ3n) is 5.83. The van der Waals surface area contributed by atoms with Gasteiger partial charge in [0.25, 0.3) is 5.91 Å². The minimum Gasteiger partial charge on any atom is -0.363 e. The first kappa shape index (κ1) is 22.6. The highest BCUT2D eigenvalue weighted by molar-refractivity contribution is 6.07. The van der Waals surface area contributed by atoms with Crippen LogP contribution in [0.1, 0.15) is 40.0 Å². The van der Waals surface area contributed by atoms with Gasteiger partial charge in [-0.2, -0.15) is 23.4 Å². The third kappa shape index (κ3) is 4.75. The molecule has 2 aromatic carbocycles. The molecule has 0 saturated carbocycles. The highest BCUT2D eigenvalue weighted by Gasteiger charge is 2.47. The molecule has 0 aliphatic carbocycles. The van der Waals surface area contributed by atoms with Crippen molar-refractivity contribution in [2.75, 3.05) is 10.6 Å². The van der Waals surface area contributed by atoms with Gasteiger partial charge in [-0.1, -0.05) is 42.5 Å². The molecule has 0 radical (unpaired) electrons. The number of anilines is 2. The van der Waals surface area contributed by atoms with E-state index in [1.54, 1.807) is 53.3 Å². The smallest absolute Gasteiger partial charge is 0.363 e. The molecule has 1 aliphatic heterocycles. The van der Waals surface area contributed by atoms with Gasteiger partial charge in [0.15, 0.2) is 6.04 Å². The lowest BCUT2D eigenvalue weighted by Gasteiger charge is -2.34. The lowest BCUT2D eigenvalue weighted by molar-refractivity contribution is -0.173. The van der Waals surface area contributed by atoms with Crippen LogP contribution in [0.5, 0.6) is 0 Å². The van der Waals surface area contributed by atoms with E-state index in [2.05, 4.69) is 20.8 Å². The summed E-state index contributed by atoms with van der Waals surface area (Å²) in [5.41, 5.74) is 1.85. The minimum atomic E-state index is -4.54. The predicted molar refractivity (Wildman–Crippen MR) is 120 cm³/mol. The van der Waals surface area contributed by atoms with E-state index in [1.165, 1.54) is 18.3 Å². The molecule has 4 aromatic rings. The van der Waals surface area contributed by atoms with Crippen molar-refractivity contribution in [2.24, 2.45) is 0 Å². The first-order valence-corrected chi connectivity index (χ1v) is 10.8. The Morgan fingerprint density at radius 1 is 1.06 bits per heavy atom. The van der Waals surface area contributed by atoms with Crippen LogP contribution in [0.4, 0.5) is 29.1 Å². The summed E-state index contributed by atoms with van der Waals surface area (Å²) in [6, 6.07) is 12.2. The number of hydrogen-bond acceptors (Lipinski definition) is 4. The highest BCUT2D eigenvalue weighted by Crippen LogP contribution is 2.44. The van der Waals surface area contributed by atoms with Crippen LogP contribution in [0.3, 0.4) is 0 Å². The van der Waals surface area contributed by atoms with Gasteiger partial charge in [-0.05, 0) is 23.3 Å². The van der Waals surface area contributed by atoms with Crippen molar-refractivity contribution in [1.82, 2.24) is 19.6 Å². The van der Waals surface area contributed by atoms with E-state index in [0.29, 0.717) is 17.8 Å². The van der Waals surface area contributed by atoms with Crippen LogP contribution in [0.2, 0.25) is 0 Å². The molecule has 2 N–H and O–H groups in total. The quantitative estimate of drug-likeness (QED) is 0.383. The molecule has 7 nitrogen and oxygen atoms in total. The lowest BCUT2D eigenvalue weighted by Crippen LogP contribution is -2.36. The van der Waals surface area contributed by atoms with Crippen LogP contribution in [-0.4, -0.2) is 31.6 Å². The largest absolute Gasteiger partial charge is 0.410 e. The minimum absolute atomic E-state index is 0.00336. The molecule has 11 heteroatoms. The molecule has 0 unspecified atom stereocenters. The van der Waals surface area contributed by atoms with E-state index in [9.17, 15) is 22.4 Å². The van der Waals surface area contributed by atoms with Crippen LogP contribution < -0.4 is 10.6 Å². The van der Waals surface area contributed by atoms with Gasteiger partial charge < -0.3 is 10.6 Å². The Morgan fingerprint density at radius 3 is 2.51 bits per heavy atom. The number of amides is 1. The molecule has 1 aliphatic rings. The second kappa shape index (κ2) is 8.90. The second-order valence-electron chi connectivity index (χ2n) is 8.26. The molecule has 2 atom stereocenters. The van der Waals surface area contributed by atoms with E-state index >= 15 is 0 Å². The van der Waals surface area contributed by atoms with Crippen molar-refractivity contribution in [2.45, 2.75) is 31.2 Å². The topological polar surface area (TPSA) is 76.8 Å². The summed E-state index contributed by atoms with van der Waals surface area (Å²) in [6.45, 7) is 0.354. The van der Waals surface area contributed by atoms with Gasteiger partial charge in [0.1, 0.15) is 17.2 Å². The Morgan fingerprint density at radius 2 is 1.80 bits per heavy atom. The Balaban J connectivity index is 1.37. The molecule has 180 valence electrons. The fraction of sp³-hybridized carbons (Fsp3) is 0.208. The number of hydrogen-bond donors (Lipinski definition) is 2. The number of alkyl halides is 3. The van der Waals surface area contributed by atoms with E-state index in [4.69, 9.17) is 0 Å². The van der Waals surface area contributed by atoms with Crippen molar-refractivity contribution in [3.05, 3.63) is 95.7 Å². The standard InChI is InChI=1S/C24H20F4N6O/c25-17-8-6-15(7-9-17)13-33-14-18(11-29-33)31-23(35)19-12-30-34-21(24(26,27)28)10-20(32-22(19)34)16-4-2-1-3-5-16/h1-9,11-12,14,20-21,32H,10,13H2,(H,31,35)/t20-,21+/m1/s1. The number of carbonyl (C=O) groups excluding carboxylic acids is 1. The van der Waals surface area contributed by atoms with Crippen LogP contribution in [0.15, 0.2) is 73.2 Å². The predicted octanol–water partition coefficient (Wildman–Crippen LogP) is 5.18. The Kier molecular flexibility index (Phi) is 5.75. The summed E-state index contributed by atoms with van der Waals surface area (Å²) in [7, 11) is 0. The van der Waals surface area contributed by atoms with Gasteiger partial charge in [0.2, 0.25) is 0 Å². The zero-order chi connectivity index (χ0) is 24.6. The van der Waals surface area contributed by atoms with Crippen molar-refractivity contribution in [3.8, 4) is 0 Å². The maximum absolute atomic E-state index is 13.8. The van der Waals surface area contributed by atoms with E-state index < -0.39 is 24.2 Å². The monoisotopic (exact) mass is 484 g/mol. The number of halogens is 4. The second-order valence-corrected chi connectivity index (χ2v) is 8.26. The first-order valence-electron chi connectivity index (χ1n) is 10.8. The van der Waals surface area contributed by atoms with Crippen molar-refractivity contribution < 1.29 is 22.4 Å². The molecular weight excluding hydrogens is 464 g/mol. The van der Waals surface area contributed by atoms with E-state index in [1.807, 2.05) is 0 Å². The highest BCUT2D eigenvalue weighted by atomic mass is 19.4. The SMILES string of the molecule is O=C(Nc1cnn(Cc2ccc(F)cc2)c1)c1cnn2c1N[C@@H](c1ccccc1)C[C@H]2C(F)(F)F. The fourth-order valence-corrected chi connectivity index (χ4v) is 4.12. The summed E-state index contributed by atoms with van der Waals surface area (Å²) < 4.78 is 57.0. The molecule has 35 heavy (non-hydrogen) atoms. The number of aromatic nitrogens is 4. The van der Waals surface area contributed by atoms with Crippen molar-refractivity contribution >= 4 is 17.4 Å². The summed E-state index contributed by atoms with van der Waals surface area (Å²) >= 11 is 0. The molecule has 2 aromatic heterocycles. The van der Waals surface area contributed by atoms with Gasteiger partial charge in [0, 0.05) is 12.6 Å². The molecule has 0 spiro atoms.